The molecule has 0 radical (unpaired) electrons. The fourth-order valence-electron chi connectivity index (χ4n) is 2.73. The average molecular weight is 392 g/mol. The Morgan fingerprint density at radius 1 is 1.07 bits per heavy atom. The second-order valence-electron chi connectivity index (χ2n) is 7.24. The van der Waals surface area contributed by atoms with E-state index in [1.165, 1.54) is 12.8 Å². The zero-order chi connectivity index (χ0) is 21.4. The molecule has 0 saturated heterocycles. The summed E-state index contributed by atoms with van der Waals surface area (Å²) in [7, 11) is 1.71. The Bertz CT molecular complexity index is 368. The number of carbonyl (C=O) groups is 1. The molecule has 7 nitrogen and oxygen atoms in total. The predicted octanol–water partition coefficient (Wildman–Crippen LogP) is 0.578. The lowest BCUT2D eigenvalue weighted by molar-refractivity contribution is -0.118. The van der Waals surface area contributed by atoms with Crippen LogP contribution < -0.4 is 0 Å². The van der Waals surface area contributed by atoms with Gasteiger partial charge in [0.15, 0.2) is 0 Å². The number of hydrogen-bond acceptors (Lipinski definition) is 7. The van der Waals surface area contributed by atoms with Gasteiger partial charge in [-0.15, -0.1) is 6.58 Å². The Morgan fingerprint density at radius 3 is 2.04 bits per heavy atom. The maximum atomic E-state index is 10.5. The predicted molar refractivity (Wildman–Crippen MR) is 107 cm³/mol. The van der Waals surface area contributed by atoms with Crippen molar-refractivity contribution >= 4 is 6.29 Å². The number of nitrogens with zero attached hydrogens (tertiary/aromatic N) is 1. The molecule has 162 valence electrons. The van der Waals surface area contributed by atoms with Gasteiger partial charge in [0.05, 0.1) is 12.7 Å². The number of aliphatic hydroxyl groups is 5. The van der Waals surface area contributed by atoms with Crippen molar-refractivity contribution in [3.63, 3.8) is 0 Å². The van der Waals surface area contributed by atoms with Crippen molar-refractivity contribution in [3.05, 3.63) is 12.7 Å². The van der Waals surface area contributed by atoms with Crippen LogP contribution in [-0.4, -0.2) is 87.9 Å². The minimum atomic E-state index is -1.57. The molecule has 0 aliphatic heterocycles. The second-order valence-corrected chi connectivity index (χ2v) is 7.24. The second kappa shape index (κ2) is 17.3. The molecule has 0 aliphatic carbocycles. The first-order valence-electron chi connectivity index (χ1n) is 9.76. The van der Waals surface area contributed by atoms with Crippen molar-refractivity contribution < 1.29 is 30.3 Å². The number of hydrogen-bond donors (Lipinski definition) is 5. The van der Waals surface area contributed by atoms with Crippen LogP contribution in [0.25, 0.3) is 0 Å². The molecule has 0 aromatic rings. The topological polar surface area (TPSA) is 121 Å². The van der Waals surface area contributed by atoms with Crippen LogP contribution in [-0.2, 0) is 4.79 Å². The maximum Gasteiger partial charge on any atom is 0.123 e. The zero-order valence-corrected chi connectivity index (χ0v) is 17.4. The van der Waals surface area contributed by atoms with Crippen LogP contribution in [0.15, 0.2) is 12.7 Å². The molecule has 0 aromatic heterocycles. The van der Waals surface area contributed by atoms with Crippen molar-refractivity contribution in [2.45, 2.75) is 70.9 Å². The lowest BCUT2D eigenvalue weighted by atomic mass is 9.92. The van der Waals surface area contributed by atoms with Crippen LogP contribution in [0, 0.1) is 11.8 Å². The summed E-state index contributed by atoms with van der Waals surface area (Å²) in [6, 6.07) is 0. The summed E-state index contributed by atoms with van der Waals surface area (Å²) in [6.07, 6.45) is 1.55. The van der Waals surface area contributed by atoms with E-state index in [0.717, 1.165) is 25.0 Å². The van der Waals surface area contributed by atoms with Gasteiger partial charge in [-0.1, -0.05) is 39.7 Å². The van der Waals surface area contributed by atoms with Crippen LogP contribution in [0.4, 0.5) is 0 Å². The van der Waals surface area contributed by atoms with Gasteiger partial charge in [-0.3, -0.25) is 0 Å². The number of likely N-dealkylation sites (N-methyl/N-ethyl adjacent to an activating group) is 1. The van der Waals surface area contributed by atoms with Crippen LogP contribution in [0.2, 0.25) is 0 Å². The van der Waals surface area contributed by atoms with E-state index in [-0.39, 0.29) is 6.54 Å². The first-order valence-corrected chi connectivity index (χ1v) is 9.76. The molecule has 0 amide bonds. The maximum absolute atomic E-state index is 10.5. The zero-order valence-electron chi connectivity index (χ0n) is 17.4. The molecule has 0 fully saturated rings. The Kier molecular flexibility index (Phi) is 18.2. The normalized spacial score (nSPS) is 17.9. The van der Waals surface area contributed by atoms with E-state index in [0.29, 0.717) is 12.5 Å². The third-order valence-electron chi connectivity index (χ3n) is 4.47. The Labute approximate surface area is 164 Å². The highest BCUT2D eigenvalue weighted by atomic mass is 16.4. The SMILES string of the molecule is C=CCN(C)CC(O)C(O)C(O)C(O)CO.CCCC(C)CC(C=O)CC. The van der Waals surface area contributed by atoms with Gasteiger partial charge in [-0.2, -0.15) is 0 Å². The van der Waals surface area contributed by atoms with Gasteiger partial charge >= 0.3 is 0 Å². The summed E-state index contributed by atoms with van der Waals surface area (Å²) in [5.74, 6) is 1.02. The number of rotatable bonds is 14. The molecule has 0 bridgehead atoms. The summed E-state index contributed by atoms with van der Waals surface area (Å²) in [5.41, 5.74) is 0. The smallest absolute Gasteiger partial charge is 0.123 e. The lowest BCUT2D eigenvalue weighted by Gasteiger charge is -2.28. The van der Waals surface area contributed by atoms with Crippen LogP contribution in [0.1, 0.15) is 46.5 Å². The van der Waals surface area contributed by atoms with E-state index < -0.39 is 31.0 Å². The van der Waals surface area contributed by atoms with Crippen molar-refractivity contribution in [2.75, 3.05) is 26.7 Å². The molecule has 0 aliphatic rings. The quantitative estimate of drug-likeness (QED) is 0.217. The van der Waals surface area contributed by atoms with Gasteiger partial charge < -0.3 is 35.2 Å². The summed E-state index contributed by atoms with van der Waals surface area (Å²) < 4.78 is 0. The molecule has 0 heterocycles. The van der Waals surface area contributed by atoms with Gasteiger partial charge in [-0.05, 0) is 25.8 Å². The van der Waals surface area contributed by atoms with Crippen molar-refractivity contribution in [1.29, 1.82) is 0 Å². The molecule has 7 heteroatoms. The van der Waals surface area contributed by atoms with Gasteiger partial charge in [0.25, 0.3) is 0 Å². The van der Waals surface area contributed by atoms with Crippen molar-refractivity contribution in [2.24, 2.45) is 11.8 Å². The highest BCUT2D eigenvalue weighted by molar-refractivity contribution is 5.53. The molecule has 6 unspecified atom stereocenters. The van der Waals surface area contributed by atoms with E-state index in [1.807, 2.05) is 0 Å². The molecule has 0 spiro atoms. The number of carbonyl (C=O) groups excluding carboxylic acids is 1. The molecule has 0 aromatic carbocycles. The minimum Gasteiger partial charge on any atom is -0.394 e. The van der Waals surface area contributed by atoms with Gasteiger partial charge in [0.1, 0.15) is 24.6 Å². The molecule has 6 atom stereocenters. The molecule has 27 heavy (non-hydrogen) atoms. The van der Waals surface area contributed by atoms with E-state index in [9.17, 15) is 20.1 Å². The Hall–Kier alpha value is -0.830. The highest BCUT2D eigenvalue weighted by Gasteiger charge is 2.30. The fourth-order valence-corrected chi connectivity index (χ4v) is 2.73. The van der Waals surface area contributed by atoms with Crippen LogP contribution >= 0.6 is 0 Å². The molecular formula is C20H41NO6. The highest BCUT2D eigenvalue weighted by Crippen LogP contribution is 2.17. The van der Waals surface area contributed by atoms with E-state index in [2.05, 4.69) is 27.4 Å². The summed E-state index contributed by atoms with van der Waals surface area (Å²) in [6.45, 7) is 10.0. The fraction of sp³-hybridized carbons (Fsp3) is 0.850. The molecule has 0 saturated carbocycles. The standard InChI is InChI=1S/C10H21NO5.C10H20O/c1-3-4-11(2)5-7(13)9(15)10(16)8(14)6-12;1-4-6-9(3)7-10(5-2)8-11/h3,7-10,12-16H,1,4-6H2,2H3;8-10H,4-7H2,1-3H3. The van der Waals surface area contributed by atoms with E-state index in [4.69, 9.17) is 10.2 Å². The number of aldehydes is 1. The van der Waals surface area contributed by atoms with Crippen LogP contribution in [0.5, 0.6) is 0 Å². The van der Waals surface area contributed by atoms with E-state index >= 15 is 0 Å². The first kappa shape index (κ1) is 28.4. The Morgan fingerprint density at radius 2 is 1.63 bits per heavy atom. The number of aliphatic hydroxyl groups excluding tert-OH is 5. The molecular weight excluding hydrogens is 350 g/mol. The summed E-state index contributed by atoms with van der Waals surface area (Å²) >= 11 is 0. The van der Waals surface area contributed by atoms with Crippen molar-refractivity contribution in [3.8, 4) is 0 Å². The average Bonchev–Trinajstić information content (AvgIpc) is 2.64. The summed E-state index contributed by atoms with van der Waals surface area (Å²) in [4.78, 5) is 12.2. The third kappa shape index (κ3) is 13.9. The van der Waals surface area contributed by atoms with Gasteiger partial charge in [-0.25, -0.2) is 0 Å². The third-order valence-corrected chi connectivity index (χ3v) is 4.47. The van der Waals surface area contributed by atoms with E-state index in [1.54, 1.807) is 18.0 Å². The van der Waals surface area contributed by atoms with Crippen LogP contribution in [0.3, 0.4) is 0 Å². The van der Waals surface area contributed by atoms with Gasteiger partial charge in [0, 0.05) is 19.0 Å². The monoisotopic (exact) mass is 391 g/mol. The lowest BCUT2D eigenvalue weighted by Crippen LogP contribution is -2.49. The first-order chi connectivity index (χ1) is 12.7. The van der Waals surface area contributed by atoms with Gasteiger partial charge in [0.2, 0.25) is 0 Å². The van der Waals surface area contributed by atoms with Crippen molar-refractivity contribution in [1.82, 2.24) is 4.90 Å². The molecule has 0 rings (SSSR count). The molecule has 5 N–H and O–H groups in total. The minimum absolute atomic E-state index is 0.127. The summed E-state index contributed by atoms with van der Waals surface area (Å²) in [5, 5.41) is 46.0. The Balaban J connectivity index is 0. The largest absolute Gasteiger partial charge is 0.394 e.